The van der Waals surface area contributed by atoms with Gasteiger partial charge in [0.2, 0.25) is 0 Å². The van der Waals surface area contributed by atoms with Crippen LogP contribution in [0.3, 0.4) is 0 Å². The summed E-state index contributed by atoms with van der Waals surface area (Å²) in [6, 6.07) is 6.10. The molecule has 2 N–H and O–H groups in total. The third-order valence-corrected chi connectivity index (χ3v) is 2.39. The molecule has 0 saturated heterocycles. The molecule has 0 unspecified atom stereocenters. The summed E-state index contributed by atoms with van der Waals surface area (Å²) >= 11 is 0. The number of hydrogen-bond donors (Lipinski definition) is 1. The fourth-order valence-corrected chi connectivity index (χ4v) is 1.41. The molecule has 2 nitrogen and oxygen atoms in total. The molecule has 1 saturated carbocycles. The first-order valence-corrected chi connectivity index (χ1v) is 4.76. The van der Waals surface area contributed by atoms with Gasteiger partial charge in [0.05, 0.1) is 6.10 Å². The maximum Gasteiger partial charge on any atom is 0.124 e. The maximum absolute atomic E-state index is 5.75. The van der Waals surface area contributed by atoms with Gasteiger partial charge in [0.15, 0.2) is 0 Å². The number of aryl methyl sites for hydroxylation is 1. The molecule has 0 heterocycles. The van der Waals surface area contributed by atoms with Gasteiger partial charge in [0, 0.05) is 12.1 Å². The Labute approximate surface area is 78.7 Å². The topological polar surface area (TPSA) is 35.2 Å². The molecule has 0 bridgehead atoms. The molecule has 1 fully saturated rings. The molecule has 2 heteroatoms. The third kappa shape index (κ3) is 1.83. The molecule has 70 valence electrons. The van der Waals surface area contributed by atoms with E-state index in [9.17, 15) is 0 Å². The Balaban J connectivity index is 2.25. The Morgan fingerprint density at radius 1 is 1.46 bits per heavy atom. The highest BCUT2D eigenvalue weighted by Gasteiger charge is 2.24. The van der Waals surface area contributed by atoms with Crippen LogP contribution in [0.25, 0.3) is 0 Å². The van der Waals surface area contributed by atoms with Gasteiger partial charge in [-0.15, -0.1) is 0 Å². The Kier molecular flexibility index (Phi) is 2.23. The van der Waals surface area contributed by atoms with Gasteiger partial charge < -0.3 is 10.5 Å². The fraction of sp³-hybridized carbons (Fsp3) is 0.455. The van der Waals surface area contributed by atoms with Crippen molar-refractivity contribution in [1.82, 2.24) is 0 Å². The van der Waals surface area contributed by atoms with Crippen LogP contribution in [0.2, 0.25) is 0 Å². The predicted molar refractivity (Wildman–Crippen MR) is 52.7 cm³/mol. The molecule has 0 aromatic heterocycles. The van der Waals surface area contributed by atoms with Crippen LogP contribution in [0.1, 0.15) is 24.0 Å². The number of rotatable bonds is 3. The lowest BCUT2D eigenvalue weighted by Gasteiger charge is -2.11. The van der Waals surface area contributed by atoms with E-state index in [0.717, 1.165) is 11.3 Å². The van der Waals surface area contributed by atoms with Crippen LogP contribution < -0.4 is 10.5 Å². The van der Waals surface area contributed by atoms with Crippen molar-refractivity contribution < 1.29 is 4.74 Å². The van der Waals surface area contributed by atoms with E-state index in [1.807, 2.05) is 12.1 Å². The Morgan fingerprint density at radius 3 is 2.85 bits per heavy atom. The summed E-state index contributed by atoms with van der Waals surface area (Å²) in [7, 11) is 0. The molecule has 1 aromatic carbocycles. The van der Waals surface area contributed by atoms with Crippen LogP contribution in [0.4, 0.5) is 0 Å². The van der Waals surface area contributed by atoms with Crippen molar-refractivity contribution in [3.8, 4) is 5.75 Å². The zero-order valence-corrected chi connectivity index (χ0v) is 7.92. The van der Waals surface area contributed by atoms with E-state index < -0.39 is 0 Å². The van der Waals surface area contributed by atoms with Crippen molar-refractivity contribution in [2.45, 2.75) is 32.4 Å². The zero-order valence-electron chi connectivity index (χ0n) is 7.92. The summed E-state index contributed by atoms with van der Waals surface area (Å²) in [4.78, 5) is 0. The highest BCUT2D eigenvalue weighted by molar-refractivity contribution is 5.39. The molecule has 0 spiro atoms. The lowest BCUT2D eigenvalue weighted by atomic mass is 10.1. The summed E-state index contributed by atoms with van der Waals surface area (Å²) in [6.45, 7) is 2.64. The average molecular weight is 177 g/mol. The van der Waals surface area contributed by atoms with Gasteiger partial charge in [-0.25, -0.2) is 0 Å². The van der Waals surface area contributed by atoms with E-state index in [2.05, 4.69) is 13.0 Å². The van der Waals surface area contributed by atoms with E-state index in [1.165, 1.54) is 18.4 Å². The highest BCUT2D eigenvalue weighted by atomic mass is 16.5. The van der Waals surface area contributed by atoms with Crippen molar-refractivity contribution in [2.75, 3.05) is 0 Å². The fourth-order valence-electron chi connectivity index (χ4n) is 1.41. The number of ether oxygens (including phenoxy) is 1. The Bertz CT molecular complexity index is 305. The van der Waals surface area contributed by atoms with Crippen LogP contribution in [0, 0.1) is 6.92 Å². The summed E-state index contributed by atoms with van der Waals surface area (Å²) in [5.41, 5.74) is 8.04. The molecule has 0 amide bonds. The Hall–Kier alpha value is -1.02. The van der Waals surface area contributed by atoms with E-state index in [0.29, 0.717) is 12.6 Å². The third-order valence-electron chi connectivity index (χ3n) is 2.39. The first-order valence-electron chi connectivity index (χ1n) is 4.76. The predicted octanol–water partition coefficient (Wildman–Crippen LogP) is 1.99. The minimum Gasteiger partial charge on any atom is -0.490 e. The van der Waals surface area contributed by atoms with E-state index in [1.54, 1.807) is 0 Å². The minimum absolute atomic E-state index is 0.451. The van der Waals surface area contributed by atoms with Crippen molar-refractivity contribution in [3.63, 3.8) is 0 Å². The molecule has 1 aromatic rings. The SMILES string of the molecule is Cc1cccc(OC2CC2)c1CN. The van der Waals surface area contributed by atoms with Crippen LogP contribution in [-0.4, -0.2) is 6.10 Å². The van der Waals surface area contributed by atoms with Gasteiger partial charge in [0.25, 0.3) is 0 Å². The van der Waals surface area contributed by atoms with Gasteiger partial charge in [-0.3, -0.25) is 0 Å². The largest absolute Gasteiger partial charge is 0.490 e. The normalized spacial score (nSPS) is 15.8. The standard InChI is InChI=1S/C11H15NO/c1-8-3-2-4-11(10(8)7-12)13-9-5-6-9/h2-4,9H,5-7,12H2,1H3. The number of hydrogen-bond acceptors (Lipinski definition) is 2. The second kappa shape index (κ2) is 3.38. The first-order chi connectivity index (χ1) is 6.31. The molecular weight excluding hydrogens is 162 g/mol. The number of nitrogens with two attached hydrogens (primary N) is 1. The van der Waals surface area contributed by atoms with Gasteiger partial charge in [-0.05, 0) is 31.4 Å². The van der Waals surface area contributed by atoms with Crippen molar-refractivity contribution in [3.05, 3.63) is 29.3 Å². The number of benzene rings is 1. The average Bonchev–Trinajstić information content (AvgIpc) is 2.89. The Morgan fingerprint density at radius 2 is 2.23 bits per heavy atom. The van der Waals surface area contributed by atoms with Gasteiger partial charge in [-0.2, -0.15) is 0 Å². The molecule has 1 aliphatic rings. The lowest BCUT2D eigenvalue weighted by Crippen LogP contribution is -2.05. The van der Waals surface area contributed by atoms with Crippen LogP contribution >= 0.6 is 0 Å². The van der Waals surface area contributed by atoms with Gasteiger partial charge >= 0.3 is 0 Å². The van der Waals surface area contributed by atoms with Crippen molar-refractivity contribution >= 4 is 0 Å². The minimum atomic E-state index is 0.451. The smallest absolute Gasteiger partial charge is 0.124 e. The second-order valence-corrected chi connectivity index (χ2v) is 3.57. The van der Waals surface area contributed by atoms with Crippen LogP contribution in [-0.2, 0) is 6.54 Å². The van der Waals surface area contributed by atoms with E-state index in [4.69, 9.17) is 10.5 Å². The molecule has 13 heavy (non-hydrogen) atoms. The second-order valence-electron chi connectivity index (χ2n) is 3.57. The van der Waals surface area contributed by atoms with E-state index >= 15 is 0 Å². The van der Waals surface area contributed by atoms with Gasteiger partial charge in [-0.1, -0.05) is 12.1 Å². The summed E-state index contributed by atoms with van der Waals surface area (Å²) in [6.07, 6.45) is 2.84. The zero-order chi connectivity index (χ0) is 9.26. The highest BCUT2D eigenvalue weighted by Crippen LogP contribution is 2.30. The summed E-state index contributed by atoms with van der Waals surface area (Å²) in [5.74, 6) is 0.977. The van der Waals surface area contributed by atoms with Crippen molar-refractivity contribution in [2.24, 2.45) is 5.73 Å². The molecule has 2 rings (SSSR count). The lowest BCUT2D eigenvalue weighted by molar-refractivity contribution is 0.300. The molecule has 0 atom stereocenters. The maximum atomic E-state index is 5.75. The van der Waals surface area contributed by atoms with Crippen LogP contribution in [0.15, 0.2) is 18.2 Å². The van der Waals surface area contributed by atoms with Crippen molar-refractivity contribution in [1.29, 1.82) is 0 Å². The van der Waals surface area contributed by atoms with Crippen LogP contribution in [0.5, 0.6) is 5.75 Å². The monoisotopic (exact) mass is 177 g/mol. The summed E-state index contributed by atoms with van der Waals surface area (Å²) in [5, 5.41) is 0. The summed E-state index contributed by atoms with van der Waals surface area (Å²) < 4.78 is 5.75. The quantitative estimate of drug-likeness (QED) is 0.766. The molecule has 0 radical (unpaired) electrons. The van der Waals surface area contributed by atoms with Gasteiger partial charge in [0.1, 0.15) is 5.75 Å². The first kappa shape index (κ1) is 8.57. The molecule has 0 aliphatic heterocycles. The molecular formula is C11H15NO. The molecule has 1 aliphatic carbocycles. The van der Waals surface area contributed by atoms with E-state index in [-0.39, 0.29) is 0 Å².